The zero-order valence-electron chi connectivity index (χ0n) is 17.5. The van der Waals surface area contributed by atoms with E-state index in [0.29, 0.717) is 10.6 Å². The zero-order valence-corrected chi connectivity index (χ0v) is 18.3. The van der Waals surface area contributed by atoms with E-state index in [4.69, 9.17) is 16.3 Å². The highest BCUT2D eigenvalue weighted by Crippen LogP contribution is 2.43. The molecule has 3 nitrogen and oxygen atoms in total. The molecule has 148 valence electrons. The number of hydrogen-bond acceptors (Lipinski definition) is 3. The van der Waals surface area contributed by atoms with Crippen LogP contribution < -0.4 is 0 Å². The van der Waals surface area contributed by atoms with Gasteiger partial charge in [-0.3, -0.25) is 4.79 Å². The Balaban J connectivity index is 2.35. The molecule has 0 amide bonds. The van der Waals surface area contributed by atoms with Crippen molar-refractivity contribution in [1.82, 2.24) is 0 Å². The fourth-order valence-electron chi connectivity index (χ4n) is 4.31. The number of aliphatic hydroxyl groups excluding tert-OH is 1. The topological polar surface area (TPSA) is 46.5 Å². The lowest BCUT2D eigenvalue weighted by molar-refractivity contribution is -0.158. The van der Waals surface area contributed by atoms with Gasteiger partial charge in [0.15, 0.2) is 5.78 Å². The number of carbonyl (C=O) groups excluding carboxylic acids is 1. The fourth-order valence-corrected chi connectivity index (χ4v) is 4.43. The van der Waals surface area contributed by atoms with Crippen molar-refractivity contribution in [2.75, 3.05) is 0 Å². The summed E-state index contributed by atoms with van der Waals surface area (Å²) in [5, 5.41) is 11.7. The van der Waals surface area contributed by atoms with Gasteiger partial charge in [0.2, 0.25) is 0 Å². The second kappa shape index (κ2) is 6.75. The predicted molar refractivity (Wildman–Crippen MR) is 115 cm³/mol. The molecule has 0 saturated carbocycles. The highest BCUT2D eigenvalue weighted by atomic mass is 35.5. The lowest BCUT2D eigenvalue weighted by atomic mass is 9.78. The van der Waals surface area contributed by atoms with E-state index < -0.39 is 11.2 Å². The molecule has 0 aromatic heterocycles. The Bertz CT molecular complexity index is 996. The Morgan fingerprint density at radius 3 is 2.00 bits per heavy atom. The molecule has 1 N–H and O–H groups in total. The maximum Gasteiger partial charge on any atom is 0.198 e. The number of rotatable bonds is 2. The van der Waals surface area contributed by atoms with Crippen LogP contribution in [0.5, 0.6) is 0 Å². The molecule has 1 aliphatic heterocycles. The van der Waals surface area contributed by atoms with E-state index in [9.17, 15) is 9.90 Å². The molecule has 0 spiro atoms. The smallest absolute Gasteiger partial charge is 0.198 e. The van der Waals surface area contributed by atoms with Crippen molar-refractivity contribution in [3.05, 3.63) is 63.4 Å². The summed E-state index contributed by atoms with van der Waals surface area (Å²) in [4.78, 5) is 13.3. The van der Waals surface area contributed by atoms with E-state index >= 15 is 0 Å². The van der Waals surface area contributed by atoms with Crippen LogP contribution in [0.4, 0.5) is 0 Å². The number of benzene rings is 2. The minimum Gasteiger partial charge on any atom is -0.508 e. The Hall–Kier alpha value is -2.10. The van der Waals surface area contributed by atoms with Crippen molar-refractivity contribution < 1.29 is 14.6 Å². The molecule has 0 unspecified atom stereocenters. The van der Waals surface area contributed by atoms with E-state index in [1.165, 1.54) is 0 Å². The zero-order chi connectivity index (χ0) is 21.0. The summed E-state index contributed by atoms with van der Waals surface area (Å²) in [6.07, 6.45) is 0. The third-order valence-electron chi connectivity index (χ3n) is 5.45. The van der Waals surface area contributed by atoms with Gasteiger partial charge in [0.25, 0.3) is 0 Å². The Labute approximate surface area is 172 Å². The first-order valence-electron chi connectivity index (χ1n) is 9.42. The fraction of sp³-hybridized carbons (Fsp3) is 0.375. The van der Waals surface area contributed by atoms with E-state index in [-0.39, 0.29) is 11.5 Å². The van der Waals surface area contributed by atoms with Crippen LogP contribution in [0.3, 0.4) is 0 Å². The molecule has 0 radical (unpaired) electrons. The van der Waals surface area contributed by atoms with Crippen LogP contribution in [-0.4, -0.2) is 22.1 Å². The summed E-state index contributed by atoms with van der Waals surface area (Å²) >= 11 is 6.06. The normalized spacial score (nSPS) is 18.5. The summed E-state index contributed by atoms with van der Waals surface area (Å²) in [5.41, 5.74) is 4.27. The first-order chi connectivity index (χ1) is 12.9. The van der Waals surface area contributed by atoms with Crippen molar-refractivity contribution in [2.45, 2.75) is 59.7 Å². The van der Waals surface area contributed by atoms with Gasteiger partial charge in [-0.05, 0) is 94.0 Å². The molecular weight excluding hydrogens is 372 g/mol. The molecule has 2 aromatic rings. The Kier molecular flexibility index (Phi) is 4.97. The minimum atomic E-state index is -1.02. The second-order valence-electron chi connectivity index (χ2n) is 8.57. The molecule has 1 aliphatic rings. The number of Topliss-reactive ketones (excluding diaryl/α,β-unsaturated/α-hetero) is 1. The quantitative estimate of drug-likeness (QED) is 0.640. The van der Waals surface area contributed by atoms with Crippen LogP contribution in [0.2, 0.25) is 5.02 Å². The lowest BCUT2D eigenvalue weighted by Crippen LogP contribution is -2.49. The Morgan fingerprint density at radius 1 is 0.893 bits per heavy atom. The molecule has 0 bridgehead atoms. The SMILES string of the molecule is Cc1cc(C)c(-c2ccc(Cl)cc2)c(C)c1C1=C(O)C(C)(C)OC(C)(C)C1=O. The van der Waals surface area contributed by atoms with Crippen LogP contribution in [0.15, 0.2) is 36.1 Å². The molecule has 4 heteroatoms. The third-order valence-corrected chi connectivity index (χ3v) is 5.70. The van der Waals surface area contributed by atoms with Gasteiger partial charge in [-0.2, -0.15) is 0 Å². The summed E-state index contributed by atoms with van der Waals surface area (Å²) in [6, 6.07) is 9.74. The average molecular weight is 399 g/mol. The van der Waals surface area contributed by atoms with E-state index in [0.717, 1.165) is 33.4 Å². The van der Waals surface area contributed by atoms with Crippen LogP contribution in [-0.2, 0) is 9.53 Å². The molecule has 0 saturated heterocycles. The van der Waals surface area contributed by atoms with Gasteiger partial charge in [0.1, 0.15) is 17.0 Å². The first-order valence-corrected chi connectivity index (χ1v) is 9.80. The van der Waals surface area contributed by atoms with Crippen LogP contribution in [0.25, 0.3) is 16.7 Å². The van der Waals surface area contributed by atoms with Gasteiger partial charge in [-0.25, -0.2) is 0 Å². The van der Waals surface area contributed by atoms with Gasteiger partial charge in [-0.15, -0.1) is 0 Å². The average Bonchev–Trinajstić information content (AvgIpc) is 2.57. The van der Waals surface area contributed by atoms with Gasteiger partial charge in [0.05, 0.1) is 5.57 Å². The van der Waals surface area contributed by atoms with Crippen molar-refractivity contribution in [3.8, 4) is 11.1 Å². The Morgan fingerprint density at radius 2 is 1.43 bits per heavy atom. The maximum atomic E-state index is 13.3. The molecule has 3 rings (SSSR count). The van der Waals surface area contributed by atoms with Gasteiger partial charge < -0.3 is 9.84 Å². The molecule has 2 aromatic carbocycles. The molecule has 28 heavy (non-hydrogen) atoms. The number of ketones is 1. The second-order valence-corrected chi connectivity index (χ2v) is 9.00. The number of aliphatic hydroxyl groups is 1. The van der Waals surface area contributed by atoms with Crippen molar-refractivity contribution in [3.63, 3.8) is 0 Å². The number of halogens is 1. The summed E-state index contributed by atoms with van der Waals surface area (Å²) in [5.74, 6) is -0.227. The summed E-state index contributed by atoms with van der Waals surface area (Å²) < 4.78 is 5.90. The van der Waals surface area contributed by atoms with Gasteiger partial charge in [-0.1, -0.05) is 29.8 Å². The third kappa shape index (κ3) is 3.27. The van der Waals surface area contributed by atoms with Crippen molar-refractivity contribution in [1.29, 1.82) is 0 Å². The standard InChI is InChI=1S/C24H27ClO3/c1-13-12-14(2)19(15(3)18(13)16-8-10-17(25)11-9-16)20-21(26)23(4,5)28-24(6,7)22(20)27/h8-12,26H,1-7H3. The maximum absolute atomic E-state index is 13.3. The lowest BCUT2D eigenvalue weighted by Gasteiger charge is -2.41. The highest BCUT2D eigenvalue weighted by molar-refractivity contribution is 6.30. The molecular formula is C24H27ClO3. The molecule has 0 fully saturated rings. The number of carbonyl (C=O) groups is 1. The molecule has 1 heterocycles. The summed E-state index contributed by atoms with van der Waals surface area (Å²) in [7, 11) is 0. The number of hydrogen-bond donors (Lipinski definition) is 1. The molecule has 0 atom stereocenters. The number of ether oxygens (including phenoxy) is 1. The van der Waals surface area contributed by atoms with Crippen molar-refractivity contribution in [2.24, 2.45) is 0 Å². The first kappa shape index (κ1) is 20.6. The van der Waals surface area contributed by atoms with Gasteiger partial charge >= 0.3 is 0 Å². The van der Waals surface area contributed by atoms with E-state index in [1.54, 1.807) is 27.7 Å². The summed E-state index contributed by atoms with van der Waals surface area (Å²) in [6.45, 7) is 13.1. The van der Waals surface area contributed by atoms with Gasteiger partial charge in [0, 0.05) is 5.02 Å². The monoisotopic (exact) mass is 398 g/mol. The highest BCUT2D eigenvalue weighted by Gasteiger charge is 2.47. The van der Waals surface area contributed by atoms with Crippen LogP contribution in [0.1, 0.15) is 49.9 Å². The number of aryl methyl sites for hydroxylation is 2. The van der Waals surface area contributed by atoms with Crippen LogP contribution in [0, 0.1) is 20.8 Å². The van der Waals surface area contributed by atoms with E-state index in [1.807, 2.05) is 38.1 Å². The van der Waals surface area contributed by atoms with E-state index in [2.05, 4.69) is 13.0 Å². The van der Waals surface area contributed by atoms with Crippen molar-refractivity contribution >= 4 is 23.0 Å². The van der Waals surface area contributed by atoms with Crippen LogP contribution >= 0.6 is 11.6 Å². The minimum absolute atomic E-state index is 0.0195. The molecule has 0 aliphatic carbocycles. The predicted octanol–water partition coefficient (Wildman–Crippen LogP) is 6.36. The largest absolute Gasteiger partial charge is 0.508 e.